The highest BCUT2D eigenvalue weighted by atomic mass is 16.5. The molecule has 0 aliphatic carbocycles. The van der Waals surface area contributed by atoms with Crippen molar-refractivity contribution in [3.63, 3.8) is 0 Å². The van der Waals surface area contributed by atoms with E-state index in [2.05, 4.69) is 20.4 Å². The Balaban J connectivity index is 1.99. The number of hydrogen-bond donors (Lipinski definition) is 3. The van der Waals surface area contributed by atoms with Crippen molar-refractivity contribution in [1.29, 1.82) is 0 Å². The molecule has 2 atom stereocenters. The fourth-order valence-electron chi connectivity index (χ4n) is 4.10. The van der Waals surface area contributed by atoms with Crippen molar-refractivity contribution in [1.82, 2.24) is 20.4 Å². The van der Waals surface area contributed by atoms with E-state index in [0.29, 0.717) is 6.54 Å². The second-order valence-corrected chi connectivity index (χ2v) is 7.87. The molecule has 0 aromatic carbocycles. The minimum atomic E-state index is -0.550. The van der Waals surface area contributed by atoms with E-state index in [0.717, 1.165) is 58.8 Å². The van der Waals surface area contributed by atoms with Crippen molar-refractivity contribution < 1.29 is 14.6 Å². The van der Waals surface area contributed by atoms with E-state index in [4.69, 9.17) is 4.74 Å². The molecule has 27 heavy (non-hydrogen) atoms. The summed E-state index contributed by atoms with van der Waals surface area (Å²) in [6.07, 6.45) is 6.81. The van der Waals surface area contributed by atoms with Gasteiger partial charge in [-0.3, -0.25) is 14.6 Å². The van der Waals surface area contributed by atoms with Crippen LogP contribution in [0.2, 0.25) is 0 Å². The Morgan fingerprint density at radius 2 is 1.59 bits per heavy atom. The standard InChI is InChI=1S/C20H40N4O3/c1-27-20(26)16-18(24-13-7-3-5-9-22-11-15-24)19(25)17-23-12-6-2-4-8-21-10-14-23/h18-19,21-22,25H,2-17H2,1H3. The highest BCUT2D eigenvalue weighted by Gasteiger charge is 2.30. The topological polar surface area (TPSA) is 77.1 Å². The quantitative estimate of drug-likeness (QED) is 0.573. The van der Waals surface area contributed by atoms with Gasteiger partial charge < -0.3 is 20.5 Å². The smallest absolute Gasteiger partial charge is 0.307 e. The normalized spacial score (nSPS) is 24.4. The Hall–Kier alpha value is -0.730. The van der Waals surface area contributed by atoms with Crippen molar-refractivity contribution in [2.24, 2.45) is 0 Å². The Morgan fingerprint density at radius 3 is 2.30 bits per heavy atom. The maximum absolute atomic E-state index is 12.0. The molecule has 0 aromatic rings. The van der Waals surface area contributed by atoms with E-state index in [1.54, 1.807) is 0 Å². The molecule has 2 aliphatic heterocycles. The van der Waals surface area contributed by atoms with Crippen molar-refractivity contribution in [3.8, 4) is 0 Å². The first-order valence-corrected chi connectivity index (χ1v) is 10.8. The fourth-order valence-corrected chi connectivity index (χ4v) is 4.10. The third-order valence-corrected chi connectivity index (χ3v) is 5.77. The van der Waals surface area contributed by atoms with Crippen LogP contribution in [-0.2, 0) is 9.53 Å². The van der Waals surface area contributed by atoms with Gasteiger partial charge in [-0.15, -0.1) is 0 Å². The van der Waals surface area contributed by atoms with E-state index in [1.165, 1.54) is 39.2 Å². The van der Waals surface area contributed by atoms with Crippen molar-refractivity contribution in [2.45, 2.75) is 57.1 Å². The minimum absolute atomic E-state index is 0.182. The number of aliphatic hydroxyl groups excluding tert-OH is 1. The van der Waals surface area contributed by atoms with Gasteiger partial charge in [0.15, 0.2) is 0 Å². The zero-order valence-electron chi connectivity index (χ0n) is 17.1. The first kappa shape index (κ1) is 22.6. The second kappa shape index (κ2) is 13.4. The highest BCUT2D eigenvalue weighted by Crippen LogP contribution is 2.15. The summed E-state index contributed by atoms with van der Waals surface area (Å²) in [7, 11) is 1.43. The lowest BCUT2D eigenvalue weighted by molar-refractivity contribution is -0.143. The van der Waals surface area contributed by atoms with Crippen molar-refractivity contribution >= 4 is 5.97 Å². The maximum atomic E-state index is 12.0. The van der Waals surface area contributed by atoms with Crippen LogP contribution >= 0.6 is 0 Å². The number of methoxy groups -OCH3 is 1. The third kappa shape index (κ3) is 8.87. The van der Waals surface area contributed by atoms with E-state index in [9.17, 15) is 9.90 Å². The van der Waals surface area contributed by atoms with E-state index < -0.39 is 6.10 Å². The van der Waals surface area contributed by atoms with Gasteiger partial charge in [0.2, 0.25) is 0 Å². The molecule has 0 amide bonds. The Kier molecular flexibility index (Phi) is 11.2. The van der Waals surface area contributed by atoms with E-state index in [1.807, 2.05) is 0 Å². The molecular weight excluding hydrogens is 344 g/mol. The molecule has 2 rings (SSSR count). The van der Waals surface area contributed by atoms with Gasteiger partial charge in [0.1, 0.15) is 0 Å². The number of carbonyl (C=O) groups excluding carboxylic acids is 1. The lowest BCUT2D eigenvalue weighted by atomic mass is 10.0. The lowest BCUT2D eigenvalue weighted by Gasteiger charge is -2.36. The number of aliphatic hydroxyl groups is 1. The van der Waals surface area contributed by atoms with E-state index >= 15 is 0 Å². The number of nitrogens with one attached hydrogen (secondary N) is 2. The van der Waals surface area contributed by atoms with E-state index in [-0.39, 0.29) is 18.4 Å². The maximum Gasteiger partial charge on any atom is 0.307 e. The lowest BCUT2D eigenvalue weighted by Crippen LogP contribution is -2.52. The fraction of sp³-hybridized carbons (Fsp3) is 0.950. The van der Waals surface area contributed by atoms with Gasteiger partial charge in [0, 0.05) is 38.8 Å². The molecule has 7 nitrogen and oxygen atoms in total. The summed E-state index contributed by atoms with van der Waals surface area (Å²) in [5, 5.41) is 18.0. The zero-order chi connectivity index (χ0) is 19.3. The Morgan fingerprint density at radius 1 is 0.926 bits per heavy atom. The molecule has 2 aliphatic rings. The molecule has 0 spiro atoms. The average Bonchev–Trinajstić information content (AvgIpc) is 2.89. The molecule has 2 fully saturated rings. The molecule has 0 saturated carbocycles. The molecular formula is C20H40N4O3. The molecule has 0 aromatic heterocycles. The number of β-amino-alcohol motifs (C(OH)–C–C–N with tert-alkyl or cyclic N) is 1. The summed E-state index contributed by atoms with van der Waals surface area (Å²) < 4.78 is 4.93. The molecule has 0 radical (unpaired) electrons. The predicted molar refractivity (Wildman–Crippen MR) is 108 cm³/mol. The Bertz CT molecular complexity index is 391. The summed E-state index contributed by atoms with van der Waals surface area (Å²) in [5.74, 6) is -0.238. The largest absolute Gasteiger partial charge is 0.469 e. The van der Waals surface area contributed by atoms with Crippen LogP contribution in [0.5, 0.6) is 0 Å². The van der Waals surface area contributed by atoms with Gasteiger partial charge in [-0.25, -0.2) is 0 Å². The molecule has 158 valence electrons. The molecule has 2 unspecified atom stereocenters. The number of carbonyl (C=O) groups is 1. The minimum Gasteiger partial charge on any atom is -0.469 e. The van der Waals surface area contributed by atoms with Gasteiger partial charge in [0.25, 0.3) is 0 Å². The Labute approximate surface area is 164 Å². The van der Waals surface area contributed by atoms with Crippen LogP contribution in [0.4, 0.5) is 0 Å². The van der Waals surface area contributed by atoms with Crippen LogP contribution in [0.1, 0.15) is 44.9 Å². The molecule has 0 bridgehead atoms. The SMILES string of the molecule is COC(=O)CC(C(O)CN1CCCCCNCC1)N1CCCCCNCC1. The summed E-state index contributed by atoms with van der Waals surface area (Å²) in [5.41, 5.74) is 0. The van der Waals surface area contributed by atoms with Gasteiger partial charge in [-0.1, -0.05) is 12.8 Å². The second-order valence-electron chi connectivity index (χ2n) is 7.87. The monoisotopic (exact) mass is 384 g/mol. The summed E-state index contributed by atoms with van der Waals surface area (Å²) >= 11 is 0. The van der Waals surface area contributed by atoms with Crippen molar-refractivity contribution in [2.75, 3.05) is 66.0 Å². The first-order valence-electron chi connectivity index (χ1n) is 10.8. The summed E-state index contributed by atoms with van der Waals surface area (Å²) in [6, 6.07) is -0.182. The summed E-state index contributed by atoms with van der Waals surface area (Å²) in [4.78, 5) is 16.7. The first-order chi connectivity index (χ1) is 13.2. The van der Waals surface area contributed by atoms with Crippen LogP contribution in [0.3, 0.4) is 0 Å². The number of nitrogens with zero attached hydrogens (tertiary/aromatic N) is 2. The zero-order valence-corrected chi connectivity index (χ0v) is 17.1. The van der Waals surface area contributed by atoms with Gasteiger partial charge in [0.05, 0.1) is 19.6 Å². The van der Waals surface area contributed by atoms with Crippen LogP contribution in [0.15, 0.2) is 0 Å². The predicted octanol–water partition coefficient (Wildman–Crippen LogP) is 0.430. The molecule has 3 N–H and O–H groups in total. The van der Waals surface area contributed by atoms with Crippen LogP contribution in [-0.4, -0.2) is 99.0 Å². The number of rotatable bonds is 6. The summed E-state index contributed by atoms with van der Waals surface area (Å²) in [6.45, 7) is 8.38. The number of ether oxygens (including phenoxy) is 1. The van der Waals surface area contributed by atoms with Gasteiger partial charge in [-0.05, 0) is 51.9 Å². The number of esters is 1. The van der Waals surface area contributed by atoms with Crippen LogP contribution < -0.4 is 10.6 Å². The highest BCUT2D eigenvalue weighted by molar-refractivity contribution is 5.70. The van der Waals surface area contributed by atoms with Crippen LogP contribution in [0.25, 0.3) is 0 Å². The third-order valence-electron chi connectivity index (χ3n) is 5.77. The molecule has 2 saturated heterocycles. The van der Waals surface area contributed by atoms with Gasteiger partial charge in [-0.2, -0.15) is 0 Å². The molecule has 7 heteroatoms. The van der Waals surface area contributed by atoms with Crippen molar-refractivity contribution in [3.05, 3.63) is 0 Å². The number of hydrogen-bond acceptors (Lipinski definition) is 7. The van der Waals surface area contributed by atoms with Gasteiger partial charge >= 0.3 is 5.97 Å². The molecule has 2 heterocycles. The average molecular weight is 385 g/mol. The van der Waals surface area contributed by atoms with Crippen LogP contribution in [0, 0.1) is 0 Å².